The third-order valence-corrected chi connectivity index (χ3v) is 4.72. The van der Waals surface area contributed by atoms with Gasteiger partial charge in [0.25, 0.3) is 5.91 Å². The lowest BCUT2D eigenvalue weighted by molar-refractivity contribution is -0.153. The van der Waals surface area contributed by atoms with E-state index in [1.807, 2.05) is 60.7 Å². The molecule has 3 rings (SSSR count). The monoisotopic (exact) mass is 401 g/mol. The van der Waals surface area contributed by atoms with Gasteiger partial charge in [-0.1, -0.05) is 60.7 Å². The number of nitrogens with one attached hydrogen (secondary N) is 1. The van der Waals surface area contributed by atoms with E-state index in [1.165, 1.54) is 13.8 Å². The zero-order chi connectivity index (χ0) is 21.5. The van der Waals surface area contributed by atoms with E-state index in [2.05, 4.69) is 5.32 Å². The highest BCUT2D eigenvalue weighted by Gasteiger charge is 2.27. The molecular weight excluding hydrogens is 378 g/mol. The summed E-state index contributed by atoms with van der Waals surface area (Å²) in [5.74, 6) is -1.62. The van der Waals surface area contributed by atoms with Crippen molar-refractivity contribution in [1.29, 1.82) is 0 Å². The van der Waals surface area contributed by atoms with Crippen LogP contribution in [0, 0.1) is 0 Å². The van der Waals surface area contributed by atoms with Gasteiger partial charge in [0.1, 0.15) is 5.92 Å². The molecule has 3 aromatic carbocycles. The quantitative estimate of drug-likeness (QED) is 0.464. The summed E-state index contributed by atoms with van der Waals surface area (Å²) in [6.45, 7) is 3.01. The molecule has 0 unspecified atom stereocenters. The molecule has 0 spiro atoms. The molecule has 0 heterocycles. The van der Waals surface area contributed by atoms with E-state index in [0.717, 1.165) is 11.1 Å². The molecule has 5 nitrogen and oxygen atoms in total. The SMILES string of the molecule is CC(=O)c1ccc(NC(=O)[C@@H](C)OC(=O)C(c2ccccc2)c2ccccc2)cc1. The van der Waals surface area contributed by atoms with Gasteiger partial charge in [-0.25, -0.2) is 0 Å². The van der Waals surface area contributed by atoms with Crippen LogP contribution in [0.25, 0.3) is 0 Å². The van der Waals surface area contributed by atoms with Gasteiger partial charge in [-0.2, -0.15) is 0 Å². The molecule has 0 aliphatic carbocycles. The first kappa shape index (κ1) is 21.0. The molecule has 0 saturated carbocycles. The molecule has 0 aliphatic heterocycles. The molecule has 0 bridgehead atoms. The minimum atomic E-state index is -0.986. The Kier molecular flexibility index (Phi) is 6.75. The van der Waals surface area contributed by atoms with Crippen LogP contribution >= 0.6 is 0 Å². The normalized spacial score (nSPS) is 11.6. The largest absolute Gasteiger partial charge is 0.452 e. The number of rotatable bonds is 7. The number of carbonyl (C=O) groups excluding carboxylic acids is 3. The molecule has 5 heteroatoms. The van der Waals surface area contributed by atoms with Gasteiger partial charge in [0.05, 0.1) is 0 Å². The summed E-state index contributed by atoms with van der Waals surface area (Å²) >= 11 is 0. The Morgan fingerprint density at radius 3 is 1.73 bits per heavy atom. The van der Waals surface area contributed by atoms with Crippen molar-refractivity contribution in [1.82, 2.24) is 0 Å². The van der Waals surface area contributed by atoms with Gasteiger partial charge >= 0.3 is 5.97 Å². The molecular formula is C25H23NO4. The van der Waals surface area contributed by atoms with Gasteiger partial charge in [0, 0.05) is 11.3 Å². The van der Waals surface area contributed by atoms with Crippen molar-refractivity contribution in [2.24, 2.45) is 0 Å². The van der Waals surface area contributed by atoms with Crippen LogP contribution in [-0.4, -0.2) is 23.8 Å². The van der Waals surface area contributed by atoms with Crippen LogP contribution in [-0.2, 0) is 14.3 Å². The number of amides is 1. The molecule has 152 valence electrons. The van der Waals surface area contributed by atoms with Crippen molar-refractivity contribution in [2.45, 2.75) is 25.9 Å². The van der Waals surface area contributed by atoms with Crippen LogP contribution in [0.1, 0.15) is 41.3 Å². The highest BCUT2D eigenvalue weighted by atomic mass is 16.5. The summed E-state index contributed by atoms with van der Waals surface area (Å²) < 4.78 is 5.51. The van der Waals surface area contributed by atoms with Gasteiger partial charge < -0.3 is 10.1 Å². The van der Waals surface area contributed by atoms with Crippen LogP contribution in [0.2, 0.25) is 0 Å². The average Bonchev–Trinajstić information content (AvgIpc) is 2.75. The predicted molar refractivity (Wildman–Crippen MR) is 115 cm³/mol. The maximum absolute atomic E-state index is 13.0. The number of hydrogen-bond donors (Lipinski definition) is 1. The van der Waals surface area contributed by atoms with Crippen molar-refractivity contribution < 1.29 is 19.1 Å². The van der Waals surface area contributed by atoms with Gasteiger partial charge in [0.15, 0.2) is 11.9 Å². The first-order valence-electron chi connectivity index (χ1n) is 9.68. The summed E-state index contributed by atoms with van der Waals surface area (Å²) in [4.78, 5) is 36.9. The van der Waals surface area contributed by atoms with E-state index in [9.17, 15) is 14.4 Å². The van der Waals surface area contributed by atoms with E-state index in [4.69, 9.17) is 4.74 Å². The molecule has 0 aromatic heterocycles. The van der Waals surface area contributed by atoms with E-state index >= 15 is 0 Å². The fourth-order valence-corrected chi connectivity index (χ4v) is 3.08. The molecule has 30 heavy (non-hydrogen) atoms. The third kappa shape index (κ3) is 5.20. The first-order chi connectivity index (χ1) is 14.5. The van der Waals surface area contributed by atoms with E-state index < -0.39 is 23.9 Å². The molecule has 0 fully saturated rings. The number of anilines is 1. The number of benzene rings is 3. The summed E-state index contributed by atoms with van der Waals surface area (Å²) in [5.41, 5.74) is 2.67. The van der Waals surface area contributed by atoms with Crippen LogP contribution in [0.15, 0.2) is 84.9 Å². The lowest BCUT2D eigenvalue weighted by Gasteiger charge is -2.20. The molecule has 1 N–H and O–H groups in total. The third-order valence-electron chi connectivity index (χ3n) is 4.72. The Morgan fingerprint density at radius 1 is 0.767 bits per heavy atom. The van der Waals surface area contributed by atoms with Gasteiger partial charge in [0.2, 0.25) is 0 Å². The second kappa shape index (κ2) is 9.65. The van der Waals surface area contributed by atoms with Crippen molar-refractivity contribution in [3.63, 3.8) is 0 Å². The van der Waals surface area contributed by atoms with Gasteiger partial charge in [-0.15, -0.1) is 0 Å². The number of hydrogen-bond acceptors (Lipinski definition) is 4. The Labute approximate surface area is 175 Å². The highest BCUT2D eigenvalue weighted by molar-refractivity contribution is 5.97. The predicted octanol–water partition coefficient (Wildman–Crippen LogP) is 4.59. The number of ketones is 1. The van der Waals surface area contributed by atoms with Crippen molar-refractivity contribution in [3.8, 4) is 0 Å². The molecule has 0 aliphatic rings. The maximum Gasteiger partial charge on any atom is 0.318 e. The summed E-state index contributed by atoms with van der Waals surface area (Å²) in [6, 6.07) is 25.2. The molecule has 1 amide bonds. The first-order valence-corrected chi connectivity index (χ1v) is 9.68. The fourth-order valence-electron chi connectivity index (χ4n) is 3.08. The van der Waals surface area contributed by atoms with Crippen LogP contribution in [0.4, 0.5) is 5.69 Å². The Balaban J connectivity index is 1.71. The molecule has 0 saturated heterocycles. The fraction of sp³-hybridized carbons (Fsp3) is 0.160. The zero-order valence-electron chi connectivity index (χ0n) is 16.9. The summed E-state index contributed by atoms with van der Waals surface area (Å²) in [6.07, 6.45) is -0.986. The van der Waals surface area contributed by atoms with Gasteiger partial charge in [-0.05, 0) is 49.2 Å². The standard InChI is InChI=1S/C25H23NO4/c1-17(27)19-13-15-22(16-14-19)26-24(28)18(2)30-25(29)23(20-9-5-3-6-10-20)21-11-7-4-8-12-21/h3-16,18,23H,1-2H3,(H,26,28)/t18-/m1/s1. The number of ether oxygens (including phenoxy) is 1. The smallest absolute Gasteiger partial charge is 0.318 e. The van der Waals surface area contributed by atoms with E-state index in [1.54, 1.807) is 24.3 Å². The topological polar surface area (TPSA) is 72.5 Å². The Bertz CT molecular complexity index is 975. The van der Waals surface area contributed by atoms with Crippen LogP contribution < -0.4 is 5.32 Å². The molecule has 1 atom stereocenters. The van der Waals surface area contributed by atoms with Crippen molar-refractivity contribution in [3.05, 3.63) is 102 Å². The van der Waals surface area contributed by atoms with Crippen molar-refractivity contribution >= 4 is 23.3 Å². The molecule has 3 aromatic rings. The number of Topliss-reactive ketones (excluding diaryl/α,β-unsaturated/α-hetero) is 1. The van der Waals surface area contributed by atoms with Crippen LogP contribution in [0.5, 0.6) is 0 Å². The minimum Gasteiger partial charge on any atom is -0.452 e. The van der Waals surface area contributed by atoms with Crippen molar-refractivity contribution in [2.75, 3.05) is 5.32 Å². The summed E-state index contributed by atoms with van der Waals surface area (Å²) in [5, 5.41) is 2.70. The second-order valence-corrected chi connectivity index (χ2v) is 6.96. The Hall–Kier alpha value is -3.73. The number of carbonyl (C=O) groups is 3. The summed E-state index contributed by atoms with van der Waals surface area (Å²) in [7, 11) is 0. The maximum atomic E-state index is 13.0. The van der Waals surface area contributed by atoms with E-state index in [0.29, 0.717) is 11.3 Å². The van der Waals surface area contributed by atoms with Crippen LogP contribution in [0.3, 0.4) is 0 Å². The lowest BCUT2D eigenvalue weighted by atomic mass is 9.91. The highest BCUT2D eigenvalue weighted by Crippen LogP contribution is 2.26. The average molecular weight is 401 g/mol. The zero-order valence-corrected chi connectivity index (χ0v) is 16.9. The van der Waals surface area contributed by atoms with Gasteiger partial charge in [-0.3, -0.25) is 14.4 Å². The lowest BCUT2D eigenvalue weighted by Crippen LogP contribution is -2.32. The minimum absolute atomic E-state index is 0.0527. The second-order valence-electron chi connectivity index (χ2n) is 6.96. The number of esters is 1. The molecule has 0 radical (unpaired) electrons. The Morgan fingerprint density at radius 2 is 1.27 bits per heavy atom. The van der Waals surface area contributed by atoms with E-state index in [-0.39, 0.29) is 5.78 Å².